The number of carbonyl (C=O) groups is 1. The van der Waals surface area contributed by atoms with Crippen LogP contribution in [0.15, 0.2) is 76.9 Å². The lowest BCUT2D eigenvalue weighted by atomic mass is 9.85. The summed E-state index contributed by atoms with van der Waals surface area (Å²) in [5.74, 6) is -3.20. The molecule has 2 aliphatic carbocycles. The number of carbonyl (C=O) groups excluding carboxylic acids is 1. The third-order valence-corrected chi connectivity index (χ3v) is 10.0. The molecule has 2 atom stereocenters. The number of amides is 1. The van der Waals surface area contributed by atoms with Crippen LogP contribution in [0.5, 0.6) is 0 Å². The van der Waals surface area contributed by atoms with Gasteiger partial charge in [0.05, 0.1) is 11.6 Å². The van der Waals surface area contributed by atoms with Gasteiger partial charge in [0, 0.05) is 24.5 Å². The Bertz CT molecular complexity index is 1590. The van der Waals surface area contributed by atoms with Crippen molar-refractivity contribution >= 4 is 12.0 Å². The van der Waals surface area contributed by atoms with Gasteiger partial charge in [-0.3, -0.25) is 4.79 Å². The SMILES string of the molecule is CCCCC(CCC)Cc1ccc(-c2cccc(/C=C(\C)C3=CCC=C(C(=O)NCC4CCCCC4(F)F)C=C3C)c2C)cc1C#N. The molecular formula is C42H52F2N2O. The van der Waals surface area contributed by atoms with Crippen LogP contribution in [-0.4, -0.2) is 18.4 Å². The average Bonchev–Trinajstić information content (AvgIpc) is 3.25. The van der Waals surface area contributed by atoms with Crippen LogP contribution >= 0.6 is 0 Å². The molecule has 2 unspecified atom stereocenters. The lowest BCUT2D eigenvalue weighted by molar-refractivity contribution is -0.119. The Kier molecular flexibility index (Phi) is 12.9. The molecule has 1 N–H and O–H groups in total. The van der Waals surface area contributed by atoms with Crippen molar-refractivity contribution in [1.29, 1.82) is 5.26 Å². The Labute approximate surface area is 281 Å². The van der Waals surface area contributed by atoms with Crippen LogP contribution in [0.3, 0.4) is 0 Å². The highest BCUT2D eigenvalue weighted by Crippen LogP contribution is 2.38. The minimum Gasteiger partial charge on any atom is -0.352 e. The Balaban J connectivity index is 1.50. The van der Waals surface area contributed by atoms with E-state index in [1.807, 2.05) is 19.1 Å². The topological polar surface area (TPSA) is 52.9 Å². The molecule has 0 heterocycles. The van der Waals surface area contributed by atoms with Crippen LogP contribution in [-0.2, 0) is 11.2 Å². The van der Waals surface area contributed by atoms with Crippen LogP contribution in [0.4, 0.5) is 8.78 Å². The van der Waals surface area contributed by atoms with Crippen LogP contribution in [0.2, 0.25) is 0 Å². The quantitative estimate of drug-likeness (QED) is 0.237. The Morgan fingerprint density at radius 2 is 1.91 bits per heavy atom. The first-order valence-electron chi connectivity index (χ1n) is 17.6. The predicted octanol–water partition coefficient (Wildman–Crippen LogP) is 11.2. The highest BCUT2D eigenvalue weighted by atomic mass is 19.3. The fourth-order valence-corrected chi connectivity index (χ4v) is 7.22. The predicted molar refractivity (Wildman–Crippen MR) is 191 cm³/mol. The molecule has 0 saturated heterocycles. The van der Waals surface area contributed by atoms with Crippen LogP contribution in [0, 0.1) is 30.1 Å². The van der Waals surface area contributed by atoms with Crippen molar-refractivity contribution in [3.63, 3.8) is 0 Å². The number of unbranched alkanes of at least 4 members (excludes halogenated alkanes) is 1. The van der Waals surface area contributed by atoms with Gasteiger partial charge in [-0.25, -0.2) is 8.78 Å². The second kappa shape index (κ2) is 16.9. The zero-order valence-corrected chi connectivity index (χ0v) is 29.0. The normalized spacial score (nSPS) is 18.7. The summed E-state index contributed by atoms with van der Waals surface area (Å²) in [5, 5.41) is 12.9. The lowest BCUT2D eigenvalue weighted by Crippen LogP contribution is -2.41. The van der Waals surface area contributed by atoms with Gasteiger partial charge in [0.2, 0.25) is 0 Å². The fourth-order valence-electron chi connectivity index (χ4n) is 7.22. The third kappa shape index (κ3) is 9.40. The molecule has 0 bridgehead atoms. The molecule has 1 fully saturated rings. The summed E-state index contributed by atoms with van der Waals surface area (Å²) < 4.78 is 28.6. The summed E-state index contributed by atoms with van der Waals surface area (Å²) >= 11 is 0. The maximum Gasteiger partial charge on any atom is 0.252 e. The van der Waals surface area contributed by atoms with E-state index in [1.54, 1.807) is 0 Å². The zero-order valence-electron chi connectivity index (χ0n) is 29.0. The van der Waals surface area contributed by atoms with Gasteiger partial charge in [-0.1, -0.05) is 101 Å². The van der Waals surface area contributed by atoms with Crippen molar-refractivity contribution in [1.82, 2.24) is 5.32 Å². The highest BCUT2D eigenvalue weighted by Gasteiger charge is 2.41. The van der Waals surface area contributed by atoms with Gasteiger partial charge in [-0.2, -0.15) is 5.26 Å². The van der Waals surface area contributed by atoms with Gasteiger partial charge in [-0.15, -0.1) is 0 Å². The summed E-state index contributed by atoms with van der Waals surface area (Å²) in [6.45, 7) is 10.7. The molecule has 5 heteroatoms. The second-order valence-electron chi connectivity index (χ2n) is 13.6. The van der Waals surface area contributed by atoms with Gasteiger partial charge in [0.25, 0.3) is 11.8 Å². The summed E-state index contributed by atoms with van der Waals surface area (Å²) in [5.41, 5.74) is 9.93. The van der Waals surface area contributed by atoms with E-state index < -0.39 is 11.8 Å². The fraction of sp³-hybridized carbons (Fsp3) is 0.476. The summed E-state index contributed by atoms with van der Waals surface area (Å²) in [6.07, 6.45) is 17.2. The highest BCUT2D eigenvalue weighted by molar-refractivity contribution is 5.96. The number of hydrogen-bond donors (Lipinski definition) is 1. The number of nitriles is 1. The van der Waals surface area contributed by atoms with Gasteiger partial charge >= 0.3 is 0 Å². The van der Waals surface area contributed by atoms with E-state index in [1.165, 1.54) is 25.7 Å². The summed E-state index contributed by atoms with van der Waals surface area (Å²) in [6, 6.07) is 15.1. The maximum absolute atomic E-state index is 14.3. The van der Waals surface area contributed by atoms with Crippen molar-refractivity contribution < 1.29 is 13.6 Å². The largest absolute Gasteiger partial charge is 0.352 e. The van der Waals surface area contributed by atoms with E-state index in [0.717, 1.165) is 69.4 Å². The minimum atomic E-state index is -2.71. The monoisotopic (exact) mass is 638 g/mol. The van der Waals surface area contributed by atoms with Crippen molar-refractivity contribution in [2.75, 3.05) is 6.54 Å². The second-order valence-corrected chi connectivity index (χ2v) is 13.6. The smallest absolute Gasteiger partial charge is 0.252 e. The molecular weight excluding hydrogens is 586 g/mol. The molecule has 1 amide bonds. The molecule has 0 aliphatic heterocycles. The number of halogens is 2. The number of hydrogen-bond acceptors (Lipinski definition) is 2. The van der Waals surface area contributed by atoms with Gasteiger partial charge in [0.1, 0.15) is 0 Å². The number of rotatable bonds is 13. The molecule has 3 nitrogen and oxygen atoms in total. The van der Waals surface area contributed by atoms with Crippen molar-refractivity contribution in [3.8, 4) is 17.2 Å². The van der Waals surface area contributed by atoms with E-state index in [4.69, 9.17) is 0 Å². The molecule has 2 aromatic rings. The van der Waals surface area contributed by atoms with E-state index in [0.29, 0.717) is 30.8 Å². The molecule has 0 aromatic heterocycles. The van der Waals surface area contributed by atoms with Crippen LogP contribution in [0.1, 0.15) is 114 Å². The third-order valence-electron chi connectivity index (χ3n) is 10.0. The Hall–Kier alpha value is -3.78. The van der Waals surface area contributed by atoms with Crippen LogP contribution in [0.25, 0.3) is 17.2 Å². The van der Waals surface area contributed by atoms with Gasteiger partial charge in [0.15, 0.2) is 0 Å². The summed E-state index contributed by atoms with van der Waals surface area (Å²) in [4.78, 5) is 13.0. The minimum absolute atomic E-state index is 0.00180. The zero-order chi connectivity index (χ0) is 34.0. The van der Waals surface area contributed by atoms with Crippen molar-refractivity contribution in [2.24, 2.45) is 11.8 Å². The molecule has 2 aliphatic rings. The van der Waals surface area contributed by atoms with E-state index in [2.05, 4.69) is 87.6 Å². The number of alkyl halides is 2. The van der Waals surface area contributed by atoms with E-state index in [-0.39, 0.29) is 18.9 Å². The lowest BCUT2D eigenvalue weighted by Gasteiger charge is -2.31. The molecule has 250 valence electrons. The van der Waals surface area contributed by atoms with Crippen molar-refractivity contribution in [2.45, 2.75) is 111 Å². The number of nitrogens with zero attached hydrogens (tertiary/aromatic N) is 1. The Morgan fingerprint density at radius 1 is 1.11 bits per heavy atom. The standard InChI is InChI=1S/C42H52F2N2O/c1-6-8-14-32(13-7-2)25-34-20-21-35(26-37(34)27-45)40-19-11-15-33(31(40)5)23-29(3)39-18-12-16-36(24-30(39)4)41(47)46-28-38-17-9-10-22-42(38,43)44/h11,15-16,18-21,23-24,26,32,38H,6-10,12-14,17,22,25,28H2,1-5H3,(H,46,47)/b29-23+. The first-order chi connectivity index (χ1) is 22.6. The maximum atomic E-state index is 14.3. The molecule has 47 heavy (non-hydrogen) atoms. The molecule has 4 rings (SSSR count). The number of allylic oxidation sites excluding steroid dienone is 5. The average molecular weight is 639 g/mol. The first kappa shape index (κ1) is 36.1. The number of benzene rings is 2. The van der Waals surface area contributed by atoms with Crippen LogP contribution < -0.4 is 5.32 Å². The Morgan fingerprint density at radius 3 is 2.64 bits per heavy atom. The molecule has 0 radical (unpaired) electrons. The van der Waals surface area contributed by atoms with Gasteiger partial charge in [-0.05, 0) is 109 Å². The van der Waals surface area contributed by atoms with E-state index >= 15 is 0 Å². The number of nitrogens with one attached hydrogen (secondary N) is 1. The van der Waals surface area contributed by atoms with Crippen molar-refractivity contribution in [3.05, 3.63) is 99.2 Å². The van der Waals surface area contributed by atoms with Gasteiger partial charge < -0.3 is 5.32 Å². The first-order valence-corrected chi connectivity index (χ1v) is 17.6. The molecule has 2 aromatic carbocycles. The molecule has 1 saturated carbocycles. The molecule has 0 spiro atoms. The van der Waals surface area contributed by atoms with E-state index in [9.17, 15) is 18.8 Å². The summed E-state index contributed by atoms with van der Waals surface area (Å²) in [7, 11) is 0.